The van der Waals surface area contributed by atoms with E-state index in [1.807, 2.05) is 18.7 Å². The maximum Gasteiger partial charge on any atom is 0.267 e. The van der Waals surface area contributed by atoms with Crippen molar-refractivity contribution in [3.05, 3.63) is 10.6 Å². The second-order valence-electron chi connectivity index (χ2n) is 5.82. The van der Waals surface area contributed by atoms with Crippen molar-refractivity contribution in [3.8, 4) is 0 Å². The van der Waals surface area contributed by atoms with Gasteiger partial charge in [0.2, 0.25) is 5.91 Å². The van der Waals surface area contributed by atoms with E-state index >= 15 is 0 Å². The van der Waals surface area contributed by atoms with Crippen molar-refractivity contribution in [2.75, 3.05) is 13.1 Å². The van der Waals surface area contributed by atoms with E-state index in [1.165, 1.54) is 0 Å². The molecule has 1 aliphatic heterocycles. The zero-order valence-electron chi connectivity index (χ0n) is 13.5. The van der Waals surface area contributed by atoms with Gasteiger partial charge in [0.15, 0.2) is 0 Å². The molecule has 1 aromatic heterocycles. The number of aromatic nitrogens is 2. The summed E-state index contributed by atoms with van der Waals surface area (Å²) in [6.07, 6.45) is 3.19. The number of aryl methyl sites for hydroxylation is 1. The van der Waals surface area contributed by atoms with Crippen LogP contribution in [0.5, 0.6) is 0 Å². The molecule has 0 spiro atoms. The van der Waals surface area contributed by atoms with Crippen LogP contribution < -0.4 is 5.32 Å². The van der Waals surface area contributed by atoms with Crippen LogP contribution in [0.1, 0.15) is 54.9 Å². The molecule has 0 saturated carbocycles. The summed E-state index contributed by atoms with van der Waals surface area (Å²) >= 11 is 1.16. The molecule has 1 aliphatic rings. The number of amides is 2. The summed E-state index contributed by atoms with van der Waals surface area (Å²) in [4.78, 5) is 26.9. The van der Waals surface area contributed by atoms with Crippen LogP contribution in [0.15, 0.2) is 0 Å². The molecule has 7 heteroatoms. The lowest BCUT2D eigenvalue weighted by Gasteiger charge is -2.38. The first kappa shape index (κ1) is 16.9. The van der Waals surface area contributed by atoms with Crippen LogP contribution in [0.25, 0.3) is 0 Å². The van der Waals surface area contributed by atoms with Crippen LogP contribution in [0.2, 0.25) is 0 Å². The van der Waals surface area contributed by atoms with Crippen molar-refractivity contribution in [2.45, 2.75) is 52.5 Å². The minimum Gasteiger partial charge on any atom is -0.353 e. The molecule has 1 aromatic rings. The number of carbonyl (C=O) groups excluding carboxylic acids is 2. The van der Waals surface area contributed by atoms with Gasteiger partial charge in [-0.3, -0.25) is 9.59 Å². The minimum atomic E-state index is 0.0179. The van der Waals surface area contributed by atoms with Gasteiger partial charge in [0.05, 0.1) is 5.69 Å². The largest absolute Gasteiger partial charge is 0.353 e. The molecule has 6 nitrogen and oxygen atoms in total. The van der Waals surface area contributed by atoms with Crippen molar-refractivity contribution < 1.29 is 9.59 Å². The number of hydrogen-bond acceptors (Lipinski definition) is 5. The summed E-state index contributed by atoms with van der Waals surface area (Å²) in [6, 6.07) is 0.175. The van der Waals surface area contributed by atoms with Gasteiger partial charge in [-0.15, -0.1) is 5.10 Å². The Labute approximate surface area is 135 Å². The summed E-state index contributed by atoms with van der Waals surface area (Å²) in [7, 11) is 0. The van der Waals surface area contributed by atoms with E-state index in [1.54, 1.807) is 0 Å². The highest BCUT2D eigenvalue weighted by atomic mass is 32.1. The Kier molecular flexibility index (Phi) is 5.88. The van der Waals surface area contributed by atoms with Gasteiger partial charge in [0, 0.05) is 25.6 Å². The topological polar surface area (TPSA) is 75.2 Å². The summed E-state index contributed by atoms with van der Waals surface area (Å²) in [5.41, 5.74) is 0.696. The lowest BCUT2D eigenvalue weighted by molar-refractivity contribution is -0.122. The lowest BCUT2D eigenvalue weighted by atomic mass is 9.89. The first-order valence-corrected chi connectivity index (χ1v) is 8.71. The van der Waals surface area contributed by atoms with Crippen LogP contribution in [0.4, 0.5) is 0 Å². The average molecular weight is 324 g/mol. The fourth-order valence-electron chi connectivity index (χ4n) is 2.90. The van der Waals surface area contributed by atoms with Crippen LogP contribution >= 0.6 is 11.5 Å². The predicted molar refractivity (Wildman–Crippen MR) is 85.8 cm³/mol. The van der Waals surface area contributed by atoms with Crippen molar-refractivity contribution in [1.82, 2.24) is 19.8 Å². The SMILES string of the molecule is CCCC(=O)N[C@H]1CCN(C(=O)c2snnc2C)C[C@H]1CC. The molecule has 0 radical (unpaired) electrons. The van der Waals surface area contributed by atoms with Crippen LogP contribution in [0.3, 0.4) is 0 Å². The summed E-state index contributed by atoms with van der Waals surface area (Å²) in [6.45, 7) is 7.28. The van der Waals surface area contributed by atoms with Gasteiger partial charge in [-0.2, -0.15) is 0 Å². The number of likely N-dealkylation sites (tertiary alicyclic amines) is 1. The normalized spacial score (nSPS) is 21.7. The summed E-state index contributed by atoms with van der Waals surface area (Å²) < 4.78 is 3.84. The zero-order chi connectivity index (χ0) is 16.1. The summed E-state index contributed by atoms with van der Waals surface area (Å²) in [5, 5.41) is 7.04. The highest BCUT2D eigenvalue weighted by molar-refractivity contribution is 7.07. The van der Waals surface area contributed by atoms with Crippen LogP contribution in [-0.4, -0.2) is 45.4 Å². The van der Waals surface area contributed by atoms with Crippen LogP contribution in [-0.2, 0) is 4.79 Å². The first-order valence-electron chi connectivity index (χ1n) is 7.94. The Morgan fingerprint density at radius 1 is 1.41 bits per heavy atom. The molecule has 2 rings (SSSR count). The van der Waals surface area contributed by atoms with Crippen LogP contribution in [0, 0.1) is 12.8 Å². The van der Waals surface area contributed by atoms with E-state index in [9.17, 15) is 9.59 Å². The van der Waals surface area contributed by atoms with Crippen molar-refractivity contribution in [2.24, 2.45) is 5.92 Å². The van der Waals surface area contributed by atoms with E-state index in [2.05, 4.69) is 21.8 Å². The molecule has 0 bridgehead atoms. The third kappa shape index (κ3) is 3.82. The molecular formula is C15H24N4O2S. The first-order chi connectivity index (χ1) is 10.6. The molecule has 2 heterocycles. The molecule has 1 N–H and O–H groups in total. The van der Waals surface area contributed by atoms with Gasteiger partial charge >= 0.3 is 0 Å². The molecule has 0 aliphatic carbocycles. The molecule has 2 atom stereocenters. The smallest absolute Gasteiger partial charge is 0.267 e. The van der Waals surface area contributed by atoms with Gasteiger partial charge in [0.25, 0.3) is 5.91 Å². The fourth-order valence-corrected chi connectivity index (χ4v) is 3.52. The number of carbonyl (C=O) groups is 2. The Bertz CT molecular complexity index is 531. The van der Waals surface area contributed by atoms with Gasteiger partial charge in [-0.1, -0.05) is 18.3 Å². The van der Waals surface area contributed by atoms with Crippen molar-refractivity contribution in [3.63, 3.8) is 0 Å². The van der Waals surface area contributed by atoms with E-state index in [0.29, 0.717) is 36.0 Å². The quantitative estimate of drug-likeness (QED) is 0.899. The Morgan fingerprint density at radius 2 is 2.18 bits per heavy atom. The average Bonchev–Trinajstić information content (AvgIpc) is 2.93. The minimum absolute atomic E-state index is 0.0179. The van der Waals surface area contributed by atoms with E-state index in [0.717, 1.165) is 30.8 Å². The highest BCUT2D eigenvalue weighted by Gasteiger charge is 2.32. The molecular weight excluding hydrogens is 300 g/mol. The third-order valence-electron chi connectivity index (χ3n) is 4.21. The number of hydrogen-bond donors (Lipinski definition) is 1. The Morgan fingerprint density at radius 3 is 2.77 bits per heavy atom. The number of nitrogens with one attached hydrogen (secondary N) is 1. The third-order valence-corrected chi connectivity index (χ3v) is 5.03. The molecule has 122 valence electrons. The molecule has 1 saturated heterocycles. The van der Waals surface area contributed by atoms with Gasteiger partial charge in [0.1, 0.15) is 4.88 Å². The monoisotopic (exact) mass is 324 g/mol. The lowest BCUT2D eigenvalue weighted by Crippen LogP contribution is -2.52. The van der Waals surface area contributed by atoms with Gasteiger partial charge < -0.3 is 10.2 Å². The molecule has 0 aromatic carbocycles. The highest BCUT2D eigenvalue weighted by Crippen LogP contribution is 2.23. The fraction of sp³-hybridized carbons (Fsp3) is 0.733. The number of piperidine rings is 1. The second-order valence-corrected chi connectivity index (χ2v) is 6.57. The number of rotatable bonds is 5. The Hall–Kier alpha value is -1.50. The van der Waals surface area contributed by atoms with Gasteiger partial charge in [-0.05, 0) is 43.6 Å². The Balaban J connectivity index is 1.98. The maximum atomic E-state index is 12.5. The predicted octanol–water partition coefficient (Wildman–Crippen LogP) is 2.00. The van der Waals surface area contributed by atoms with Gasteiger partial charge in [-0.25, -0.2) is 0 Å². The molecule has 2 amide bonds. The number of nitrogens with zero attached hydrogens (tertiary/aromatic N) is 3. The summed E-state index contributed by atoms with van der Waals surface area (Å²) in [5.74, 6) is 0.442. The second kappa shape index (κ2) is 7.67. The van der Waals surface area contributed by atoms with E-state index in [-0.39, 0.29) is 17.9 Å². The van der Waals surface area contributed by atoms with E-state index < -0.39 is 0 Å². The maximum absolute atomic E-state index is 12.5. The van der Waals surface area contributed by atoms with Crippen molar-refractivity contribution >= 4 is 23.3 Å². The van der Waals surface area contributed by atoms with E-state index in [4.69, 9.17) is 0 Å². The molecule has 1 fully saturated rings. The van der Waals surface area contributed by atoms with Crippen molar-refractivity contribution in [1.29, 1.82) is 0 Å². The molecule has 0 unspecified atom stereocenters. The molecule has 22 heavy (non-hydrogen) atoms. The zero-order valence-corrected chi connectivity index (χ0v) is 14.3. The standard InChI is InChI=1S/C15H24N4O2S/c1-4-6-13(20)16-12-7-8-19(9-11(12)5-2)15(21)14-10(3)17-18-22-14/h11-12H,4-9H2,1-3H3,(H,16,20)/t11-,12+/m1/s1.